The maximum atomic E-state index is 10.5. The molecular weight excluding hydrogens is 250 g/mol. The van der Waals surface area contributed by atoms with Crippen molar-refractivity contribution in [2.75, 3.05) is 6.54 Å². The van der Waals surface area contributed by atoms with Crippen molar-refractivity contribution in [3.8, 4) is 0 Å². The first-order valence-corrected chi connectivity index (χ1v) is 6.55. The molecule has 0 fully saturated rings. The van der Waals surface area contributed by atoms with E-state index in [2.05, 4.69) is 30.1 Å². The Bertz CT molecular complexity index is 622. The number of aryl methyl sites for hydroxylation is 1. The van der Waals surface area contributed by atoms with Crippen LogP contribution < -0.4 is 0 Å². The molecule has 0 heterocycles. The number of aliphatic carboxylic acids is 1. The number of rotatable bonds is 4. The van der Waals surface area contributed by atoms with Crippen LogP contribution in [0.15, 0.2) is 59.1 Å². The summed E-state index contributed by atoms with van der Waals surface area (Å²) in [6.07, 6.45) is 9.90. The predicted molar refractivity (Wildman–Crippen MR) is 82.0 cm³/mol. The van der Waals surface area contributed by atoms with Gasteiger partial charge < -0.3 is 5.11 Å². The van der Waals surface area contributed by atoms with Crippen molar-refractivity contribution < 1.29 is 9.90 Å². The highest BCUT2D eigenvalue weighted by Crippen LogP contribution is 2.16. The molecule has 3 heteroatoms. The Morgan fingerprint density at radius 1 is 1.25 bits per heavy atom. The first-order chi connectivity index (χ1) is 9.66. The Labute approximate surface area is 118 Å². The van der Waals surface area contributed by atoms with Crippen LogP contribution in [-0.4, -0.2) is 23.3 Å². The fourth-order valence-electron chi connectivity index (χ4n) is 1.94. The van der Waals surface area contributed by atoms with Gasteiger partial charge in [-0.2, -0.15) is 0 Å². The van der Waals surface area contributed by atoms with Crippen LogP contribution >= 0.6 is 0 Å². The highest BCUT2D eigenvalue weighted by molar-refractivity contribution is 6.14. The van der Waals surface area contributed by atoms with Gasteiger partial charge in [0.25, 0.3) is 0 Å². The lowest BCUT2D eigenvalue weighted by molar-refractivity contribution is -0.136. The topological polar surface area (TPSA) is 49.7 Å². The Balaban J connectivity index is 2.24. The van der Waals surface area contributed by atoms with E-state index in [4.69, 9.17) is 5.11 Å². The lowest BCUT2D eigenvalue weighted by Gasteiger charge is -2.08. The van der Waals surface area contributed by atoms with Gasteiger partial charge in [-0.15, -0.1) is 0 Å². The van der Waals surface area contributed by atoms with E-state index in [1.54, 1.807) is 0 Å². The van der Waals surface area contributed by atoms with Crippen molar-refractivity contribution >= 4 is 17.8 Å². The Kier molecular flexibility index (Phi) is 4.66. The number of carbonyl (C=O) groups is 1. The first kappa shape index (κ1) is 14.0. The SMILES string of the molecule is Cc1ccccc1/C=C1/C=CC=CC1=NCCC(=O)O. The van der Waals surface area contributed by atoms with E-state index in [0.717, 1.165) is 16.8 Å². The average molecular weight is 267 g/mol. The summed E-state index contributed by atoms with van der Waals surface area (Å²) < 4.78 is 0. The lowest BCUT2D eigenvalue weighted by Crippen LogP contribution is -2.04. The molecule has 0 amide bonds. The van der Waals surface area contributed by atoms with Gasteiger partial charge in [-0.25, -0.2) is 0 Å². The van der Waals surface area contributed by atoms with Crippen LogP contribution in [0.25, 0.3) is 6.08 Å². The number of hydrogen-bond donors (Lipinski definition) is 1. The van der Waals surface area contributed by atoms with Crippen LogP contribution in [0.2, 0.25) is 0 Å². The van der Waals surface area contributed by atoms with E-state index < -0.39 is 5.97 Å². The molecule has 0 aliphatic heterocycles. The van der Waals surface area contributed by atoms with Gasteiger partial charge in [0.2, 0.25) is 0 Å². The monoisotopic (exact) mass is 267 g/mol. The maximum Gasteiger partial charge on any atom is 0.305 e. The second kappa shape index (κ2) is 6.66. The van der Waals surface area contributed by atoms with Crippen molar-refractivity contribution in [2.24, 2.45) is 4.99 Å². The molecule has 0 aromatic heterocycles. The van der Waals surface area contributed by atoms with E-state index >= 15 is 0 Å². The molecule has 0 atom stereocenters. The zero-order chi connectivity index (χ0) is 14.4. The summed E-state index contributed by atoms with van der Waals surface area (Å²) in [5.41, 5.74) is 4.19. The van der Waals surface area contributed by atoms with Crippen molar-refractivity contribution in [3.05, 3.63) is 65.3 Å². The van der Waals surface area contributed by atoms with Gasteiger partial charge in [-0.1, -0.05) is 42.5 Å². The normalized spacial score (nSPS) is 17.9. The number of carboxylic acid groups (broad SMARTS) is 1. The van der Waals surface area contributed by atoms with Gasteiger partial charge in [-0.05, 0) is 30.2 Å². The molecule has 0 saturated carbocycles. The summed E-state index contributed by atoms with van der Waals surface area (Å²) in [4.78, 5) is 14.9. The zero-order valence-corrected chi connectivity index (χ0v) is 11.4. The van der Waals surface area contributed by atoms with E-state index in [1.807, 2.05) is 36.4 Å². The molecule has 1 aromatic rings. The minimum atomic E-state index is -0.825. The van der Waals surface area contributed by atoms with E-state index in [9.17, 15) is 4.79 Å². The molecule has 0 radical (unpaired) electrons. The number of nitrogens with zero attached hydrogens (tertiary/aromatic N) is 1. The molecule has 3 nitrogen and oxygen atoms in total. The Morgan fingerprint density at radius 3 is 2.75 bits per heavy atom. The fourth-order valence-corrected chi connectivity index (χ4v) is 1.94. The van der Waals surface area contributed by atoms with Gasteiger partial charge in [-0.3, -0.25) is 9.79 Å². The number of carboxylic acids is 1. The molecule has 1 N–H and O–H groups in total. The largest absolute Gasteiger partial charge is 0.481 e. The van der Waals surface area contributed by atoms with Crippen molar-refractivity contribution in [2.45, 2.75) is 13.3 Å². The number of aliphatic imine (C=N–C) groups is 1. The molecule has 1 aliphatic carbocycles. The van der Waals surface area contributed by atoms with Gasteiger partial charge >= 0.3 is 5.97 Å². The van der Waals surface area contributed by atoms with Crippen LogP contribution in [0.5, 0.6) is 0 Å². The highest BCUT2D eigenvalue weighted by Gasteiger charge is 2.05. The summed E-state index contributed by atoms with van der Waals surface area (Å²) >= 11 is 0. The third-order valence-corrected chi connectivity index (χ3v) is 3.04. The van der Waals surface area contributed by atoms with E-state index in [0.29, 0.717) is 6.54 Å². The highest BCUT2D eigenvalue weighted by atomic mass is 16.4. The van der Waals surface area contributed by atoms with Crippen molar-refractivity contribution in [1.29, 1.82) is 0 Å². The fraction of sp³-hybridized carbons (Fsp3) is 0.176. The average Bonchev–Trinajstić information content (AvgIpc) is 2.43. The molecule has 1 aromatic carbocycles. The summed E-state index contributed by atoms with van der Waals surface area (Å²) in [7, 11) is 0. The minimum Gasteiger partial charge on any atom is -0.481 e. The van der Waals surface area contributed by atoms with Gasteiger partial charge in [0.1, 0.15) is 0 Å². The standard InChI is InChI=1S/C17H17NO2/c1-13-6-2-3-7-14(13)12-15-8-4-5-9-16(15)18-11-10-17(19)20/h2-9,12H,10-11H2,1H3,(H,19,20)/b15-12-,18-16?. The van der Waals surface area contributed by atoms with E-state index in [-0.39, 0.29) is 6.42 Å². The third-order valence-electron chi connectivity index (χ3n) is 3.04. The second-order valence-corrected chi connectivity index (χ2v) is 4.59. The van der Waals surface area contributed by atoms with Crippen molar-refractivity contribution in [1.82, 2.24) is 0 Å². The summed E-state index contributed by atoms with van der Waals surface area (Å²) in [6.45, 7) is 2.37. The van der Waals surface area contributed by atoms with Crippen LogP contribution in [0.4, 0.5) is 0 Å². The van der Waals surface area contributed by atoms with Crippen LogP contribution in [-0.2, 0) is 4.79 Å². The Hall–Kier alpha value is -2.42. The van der Waals surface area contributed by atoms with Crippen molar-refractivity contribution in [3.63, 3.8) is 0 Å². The predicted octanol–water partition coefficient (Wildman–Crippen LogP) is 3.42. The molecule has 2 rings (SSSR count). The minimum absolute atomic E-state index is 0.0543. The van der Waals surface area contributed by atoms with E-state index in [1.165, 1.54) is 5.56 Å². The quantitative estimate of drug-likeness (QED) is 0.908. The second-order valence-electron chi connectivity index (χ2n) is 4.59. The first-order valence-electron chi connectivity index (χ1n) is 6.55. The van der Waals surface area contributed by atoms with Gasteiger partial charge in [0, 0.05) is 5.57 Å². The zero-order valence-electron chi connectivity index (χ0n) is 11.4. The summed E-state index contributed by atoms with van der Waals surface area (Å²) in [5, 5.41) is 8.66. The third kappa shape index (κ3) is 3.79. The molecule has 0 spiro atoms. The molecular formula is C17H17NO2. The van der Waals surface area contributed by atoms with Crippen LogP contribution in [0.1, 0.15) is 17.5 Å². The molecule has 0 saturated heterocycles. The lowest BCUT2D eigenvalue weighted by atomic mass is 10.00. The number of benzene rings is 1. The van der Waals surface area contributed by atoms with Crippen LogP contribution in [0, 0.1) is 6.92 Å². The summed E-state index contributed by atoms with van der Waals surface area (Å²) in [5.74, 6) is -0.825. The number of hydrogen-bond acceptors (Lipinski definition) is 2. The molecule has 102 valence electrons. The molecule has 0 unspecified atom stereocenters. The summed E-state index contributed by atoms with van der Waals surface area (Å²) in [6, 6.07) is 8.14. The van der Waals surface area contributed by atoms with Gasteiger partial charge in [0.05, 0.1) is 18.7 Å². The van der Waals surface area contributed by atoms with Gasteiger partial charge in [0.15, 0.2) is 0 Å². The maximum absolute atomic E-state index is 10.5. The molecule has 1 aliphatic rings. The number of allylic oxidation sites excluding steroid dienone is 5. The van der Waals surface area contributed by atoms with Crippen LogP contribution in [0.3, 0.4) is 0 Å². The Morgan fingerprint density at radius 2 is 2.00 bits per heavy atom. The molecule has 20 heavy (non-hydrogen) atoms. The smallest absolute Gasteiger partial charge is 0.305 e. The molecule has 0 bridgehead atoms.